The molecule has 2 aromatic rings. The maximum Gasteiger partial charge on any atom is 0.0634 e. The predicted molar refractivity (Wildman–Crippen MR) is 92.6 cm³/mol. The van der Waals surface area contributed by atoms with Crippen LogP contribution in [0.15, 0.2) is 61.7 Å². The number of hydrogen-bond acceptors (Lipinski definition) is 2. The van der Waals surface area contributed by atoms with Crippen molar-refractivity contribution in [3.63, 3.8) is 0 Å². The summed E-state index contributed by atoms with van der Waals surface area (Å²) in [5.41, 5.74) is 4.39. The third kappa shape index (κ3) is 5.28. The van der Waals surface area contributed by atoms with E-state index in [0.717, 1.165) is 11.3 Å². The van der Waals surface area contributed by atoms with E-state index in [1.54, 1.807) is 0 Å². The van der Waals surface area contributed by atoms with Crippen molar-refractivity contribution in [2.45, 2.75) is 13.8 Å². The topological polar surface area (TPSA) is 23.5 Å². The van der Waals surface area contributed by atoms with E-state index in [2.05, 4.69) is 56.5 Å². The van der Waals surface area contributed by atoms with Crippen molar-refractivity contribution in [2.75, 3.05) is 11.6 Å². The highest BCUT2D eigenvalue weighted by atomic mass is 16.5. The summed E-state index contributed by atoms with van der Waals surface area (Å²) in [6.07, 6.45) is 4.16. The number of anilines is 1. The SMILES string of the molecule is C=C.CCN(O)c1ccc(/C=C/c2ccc(C)cc2)cc1. The molecule has 0 radical (unpaired) electrons. The molecule has 2 rings (SSSR count). The molecule has 0 saturated carbocycles. The number of hydrogen-bond donors (Lipinski definition) is 1. The zero-order chi connectivity index (χ0) is 15.7. The van der Waals surface area contributed by atoms with Crippen molar-refractivity contribution in [2.24, 2.45) is 0 Å². The summed E-state index contributed by atoms with van der Waals surface area (Å²) in [6.45, 7) is 10.6. The van der Waals surface area contributed by atoms with E-state index < -0.39 is 0 Å². The molecule has 110 valence electrons. The van der Waals surface area contributed by atoms with Crippen LogP contribution < -0.4 is 5.06 Å². The number of nitrogens with zero attached hydrogens (tertiary/aromatic N) is 1. The molecule has 2 heteroatoms. The molecular weight excluding hydrogens is 258 g/mol. The lowest BCUT2D eigenvalue weighted by molar-refractivity contribution is 0.260. The molecule has 0 atom stereocenters. The highest BCUT2D eigenvalue weighted by molar-refractivity contribution is 5.70. The average molecular weight is 281 g/mol. The Hall–Kier alpha value is -2.32. The second kappa shape index (κ2) is 8.77. The van der Waals surface area contributed by atoms with E-state index in [1.165, 1.54) is 16.2 Å². The van der Waals surface area contributed by atoms with Crippen LogP contribution in [0, 0.1) is 6.92 Å². The third-order valence-electron chi connectivity index (χ3n) is 3.04. The Kier molecular flexibility index (Phi) is 6.99. The minimum Gasteiger partial charge on any atom is -0.288 e. The fraction of sp³-hybridized carbons (Fsp3) is 0.158. The van der Waals surface area contributed by atoms with Gasteiger partial charge in [0.2, 0.25) is 0 Å². The van der Waals surface area contributed by atoms with Gasteiger partial charge < -0.3 is 0 Å². The van der Waals surface area contributed by atoms with Gasteiger partial charge >= 0.3 is 0 Å². The molecule has 2 aromatic carbocycles. The van der Waals surface area contributed by atoms with Gasteiger partial charge in [-0.1, -0.05) is 54.1 Å². The maximum atomic E-state index is 9.57. The van der Waals surface area contributed by atoms with Crippen LogP contribution in [0.4, 0.5) is 5.69 Å². The van der Waals surface area contributed by atoms with Crippen LogP contribution in [0.2, 0.25) is 0 Å². The molecular formula is C19H23NO. The molecule has 0 heterocycles. The lowest BCUT2D eigenvalue weighted by Crippen LogP contribution is -2.16. The van der Waals surface area contributed by atoms with Gasteiger partial charge in [0.1, 0.15) is 0 Å². The van der Waals surface area contributed by atoms with Crippen LogP contribution in [0.25, 0.3) is 12.2 Å². The van der Waals surface area contributed by atoms with Gasteiger partial charge in [-0.25, -0.2) is 0 Å². The van der Waals surface area contributed by atoms with Gasteiger partial charge in [0.05, 0.1) is 5.69 Å². The third-order valence-corrected chi connectivity index (χ3v) is 3.04. The van der Waals surface area contributed by atoms with Crippen LogP contribution in [-0.4, -0.2) is 11.8 Å². The van der Waals surface area contributed by atoms with Crippen molar-refractivity contribution in [3.8, 4) is 0 Å². The minimum absolute atomic E-state index is 0.582. The van der Waals surface area contributed by atoms with Gasteiger partial charge in [0.15, 0.2) is 0 Å². The zero-order valence-corrected chi connectivity index (χ0v) is 12.8. The first-order valence-corrected chi connectivity index (χ1v) is 7.00. The van der Waals surface area contributed by atoms with Crippen LogP contribution in [0.1, 0.15) is 23.6 Å². The molecule has 0 amide bonds. The molecule has 0 fully saturated rings. The lowest BCUT2D eigenvalue weighted by Gasteiger charge is -2.13. The first kappa shape index (κ1) is 16.7. The monoisotopic (exact) mass is 281 g/mol. The summed E-state index contributed by atoms with van der Waals surface area (Å²) in [6, 6.07) is 16.2. The average Bonchev–Trinajstić information content (AvgIpc) is 2.56. The molecule has 0 spiro atoms. The van der Waals surface area contributed by atoms with Crippen molar-refractivity contribution < 1.29 is 5.21 Å². The maximum absolute atomic E-state index is 9.57. The van der Waals surface area contributed by atoms with E-state index in [0.29, 0.717) is 6.54 Å². The second-order valence-corrected chi connectivity index (χ2v) is 4.55. The summed E-state index contributed by atoms with van der Waals surface area (Å²) in [5, 5.41) is 10.8. The Bertz CT molecular complexity index is 555. The van der Waals surface area contributed by atoms with Crippen LogP contribution in [0.3, 0.4) is 0 Å². The van der Waals surface area contributed by atoms with E-state index in [4.69, 9.17) is 0 Å². The molecule has 0 saturated heterocycles. The van der Waals surface area contributed by atoms with E-state index in [-0.39, 0.29) is 0 Å². The molecule has 2 nitrogen and oxygen atoms in total. The largest absolute Gasteiger partial charge is 0.288 e. The standard InChI is InChI=1S/C17H19NO.C2H4/c1-3-18(19)17-12-10-16(11-13-17)9-8-15-6-4-14(2)5-7-15;1-2/h4-13,19H,3H2,1-2H3;1-2H2/b9-8+;. The normalized spacial score (nSPS) is 10.0. The molecule has 0 aliphatic heterocycles. The van der Waals surface area contributed by atoms with Crippen LogP contribution in [0.5, 0.6) is 0 Å². The van der Waals surface area contributed by atoms with Gasteiger partial charge in [0.25, 0.3) is 0 Å². The summed E-state index contributed by atoms with van der Waals surface area (Å²) < 4.78 is 0. The molecule has 0 aromatic heterocycles. The van der Waals surface area contributed by atoms with Gasteiger partial charge in [-0.3, -0.25) is 10.3 Å². The number of aryl methyl sites for hydroxylation is 1. The Morgan fingerprint density at radius 2 is 1.33 bits per heavy atom. The Balaban J connectivity index is 0.00000106. The van der Waals surface area contributed by atoms with Crippen molar-refractivity contribution >= 4 is 17.8 Å². The number of hydroxylamine groups is 1. The summed E-state index contributed by atoms with van der Waals surface area (Å²) in [7, 11) is 0. The van der Waals surface area contributed by atoms with Gasteiger partial charge in [-0.15, -0.1) is 13.2 Å². The second-order valence-electron chi connectivity index (χ2n) is 4.55. The molecule has 21 heavy (non-hydrogen) atoms. The molecule has 0 aliphatic rings. The van der Waals surface area contributed by atoms with Crippen molar-refractivity contribution in [1.29, 1.82) is 0 Å². The van der Waals surface area contributed by atoms with Crippen LogP contribution >= 0.6 is 0 Å². The van der Waals surface area contributed by atoms with E-state index in [1.807, 2.05) is 31.2 Å². The highest BCUT2D eigenvalue weighted by Gasteiger charge is 1.98. The fourth-order valence-corrected chi connectivity index (χ4v) is 1.81. The van der Waals surface area contributed by atoms with E-state index >= 15 is 0 Å². The van der Waals surface area contributed by atoms with Crippen molar-refractivity contribution in [1.82, 2.24) is 0 Å². The fourth-order valence-electron chi connectivity index (χ4n) is 1.81. The summed E-state index contributed by atoms with van der Waals surface area (Å²) in [4.78, 5) is 0. The molecule has 0 bridgehead atoms. The van der Waals surface area contributed by atoms with Crippen LogP contribution in [-0.2, 0) is 0 Å². The molecule has 1 N–H and O–H groups in total. The Morgan fingerprint density at radius 3 is 1.76 bits per heavy atom. The predicted octanol–water partition coefficient (Wildman–Crippen LogP) is 5.18. The number of rotatable bonds is 4. The highest BCUT2D eigenvalue weighted by Crippen LogP contribution is 2.15. The minimum atomic E-state index is 0.582. The number of benzene rings is 2. The quantitative estimate of drug-likeness (QED) is 0.474. The van der Waals surface area contributed by atoms with Gasteiger partial charge in [-0.2, -0.15) is 0 Å². The molecule has 0 unspecified atom stereocenters. The van der Waals surface area contributed by atoms with Gasteiger partial charge in [-0.05, 0) is 37.1 Å². The Labute approximate surface area is 127 Å². The molecule has 0 aliphatic carbocycles. The summed E-state index contributed by atoms with van der Waals surface area (Å²) in [5.74, 6) is 0. The smallest absolute Gasteiger partial charge is 0.0634 e. The first-order chi connectivity index (χ1) is 10.2. The zero-order valence-electron chi connectivity index (χ0n) is 12.8. The van der Waals surface area contributed by atoms with Crippen molar-refractivity contribution in [3.05, 3.63) is 78.4 Å². The lowest BCUT2D eigenvalue weighted by atomic mass is 10.1. The first-order valence-electron chi connectivity index (χ1n) is 7.00. The Morgan fingerprint density at radius 1 is 0.905 bits per heavy atom. The summed E-state index contributed by atoms with van der Waals surface area (Å²) >= 11 is 0. The van der Waals surface area contributed by atoms with E-state index in [9.17, 15) is 5.21 Å². The van der Waals surface area contributed by atoms with Gasteiger partial charge in [0, 0.05) is 6.54 Å².